The molecule has 0 radical (unpaired) electrons. The molecule has 1 saturated heterocycles. The Labute approximate surface area is 586 Å². The van der Waals surface area contributed by atoms with Crippen LogP contribution in [0, 0.1) is 0 Å². The normalized spacial score (nSPS) is 27.1. The lowest BCUT2D eigenvalue weighted by Gasteiger charge is -2.32. The van der Waals surface area contributed by atoms with Crippen molar-refractivity contribution < 1.29 is 67.7 Å². The van der Waals surface area contributed by atoms with E-state index in [9.17, 15) is 67.7 Å². The van der Waals surface area contributed by atoms with Gasteiger partial charge in [0.25, 0.3) is 23.6 Å². The topological polar surface area (TPSA) is 471 Å². The summed E-state index contributed by atoms with van der Waals surface area (Å²) in [6, 6.07) is -7.50. The molecule has 0 saturated carbocycles. The first-order chi connectivity index (χ1) is 46.7. The van der Waals surface area contributed by atoms with Crippen molar-refractivity contribution >= 4 is 173 Å². The van der Waals surface area contributed by atoms with E-state index in [1.165, 1.54) is 101 Å². The number of aliphatic hydroxyl groups is 1. The Kier molecular flexibility index (Phi) is 22.8. The summed E-state index contributed by atoms with van der Waals surface area (Å²) in [5.41, 5.74) is 6.62. The number of carboxylic acid groups (broad SMARTS) is 1. The van der Waals surface area contributed by atoms with E-state index < -0.39 is 155 Å². The number of nitrogens with one attached hydrogen (secondary N) is 9. The van der Waals surface area contributed by atoms with Crippen molar-refractivity contribution in [2.75, 3.05) is 36.1 Å². The fraction of sp³-hybridized carbons (Fsp3) is 0.407. The van der Waals surface area contributed by atoms with Crippen LogP contribution in [-0.2, 0) is 52.7 Å². The number of nitrogens with two attached hydrogens (primary N) is 1. The van der Waals surface area contributed by atoms with Crippen molar-refractivity contribution in [3.63, 3.8) is 0 Å². The average Bonchev–Trinajstić information content (AvgIpc) is 1.76. The fourth-order valence-electron chi connectivity index (χ4n) is 10.4. The van der Waals surface area contributed by atoms with Crippen LogP contribution in [0.15, 0.2) is 73.4 Å². The molecule has 7 aliphatic rings. The van der Waals surface area contributed by atoms with Gasteiger partial charge in [0.1, 0.15) is 89.8 Å². The average molecular weight is 1470 g/mol. The van der Waals surface area contributed by atoms with Gasteiger partial charge in [-0.2, -0.15) is 0 Å². The Hall–Kier alpha value is -8.73. The highest BCUT2D eigenvalue weighted by Gasteiger charge is 2.44. The Bertz CT molecular complexity index is 4150. The number of hydrogen-bond acceptors (Lipinski definition) is 27. The first-order valence-electron chi connectivity index (χ1n) is 30.1. The van der Waals surface area contributed by atoms with Crippen molar-refractivity contribution in [3.05, 3.63) is 86.1 Å². The molecule has 0 unspecified atom stereocenters. The lowest BCUT2D eigenvalue weighted by atomic mass is 10.0. The highest BCUT2D eigenvalue weighted by Crippen LogP contribution is 2.35. The van der Waals surface area contributed by atoms with E-state index in [2.05, 4.69) is 69.4 Å². The molecule has 7 aliphatic heterocycles. The maximum atomic E-state index is 14.8. The summed E-state index contributed by atoms with van der Waals surface area (Å²) < 4.78 is 0. The molecule has 4 aromatic rings. The van der Waals surface area contributed by atoms with Gasteiger partial charge in [-0.1, -0.05) is 18.7 Å². The molecule has 516 valence electrons. The molecule has 98 heavy (non-hydrogen) atoms. The molecule has 16 bridgehead atoms. The van der Waals surface area contributed by atoms with Crippen LogP contribution in [0.2, 0.25) is 0 Å². The van der Waals surface area contributed by atoms with Crippen LogP contribution in [0.25, 0.3) is 27.1 Å². The summed E-state index contributed by atoms with van der Waals surface area (Å²) in [5.74, 6) is -11.8. The number of carboxylic acids is 1. The van der Waals surface area contributed by atoms with Crippen molar-refractivity contribution in [3.8, 4) is 21.4 Å². The number of carbonyl (C=O) groups excluding carboxylic acids is 11. The van der Waals surface area contributed by atoms with Gasteiger partial charge in [-0.05, 0) is 59.6 Å². The number of allylic oxidation sites excluding steroid dienone is 2. The number of amides is 11. The maximum Gasteiger partial charge on any atom is 0.327 e. The van der Waals surface area contributed by atoms with Gasteiger partial charge in [-0.3, -0.25) is 67.7 Å². The second kappa shape index (κ2) is 31.0. The minimum atomic E-state index is -2.35. The molecule has 11 heterocycles. The number of aliphatic hydroxyl groups excluding tert-OH is 1. The molecule has 1 fully saturated rings. The van der Waals surface area contributed by atoms with Gasteiger partial charge in [0.15, 0.2) is 4.87 Å². The van der Waals surface area contributed by atoms with Crippen molar-refractivity contribution in [2.24, 2.45) is 20.7 Å². The molecule has 0 spiro atoms. The van der Waals surface area contributed by atoms with Crippen LogP contribution in [-0.4, -0.2) is 210 Å². The molecule has 0 aromatic carbocycles. The number of thiazole rings is 3. The largest absolute Gasteiger partial charge is 0.480 e. The van der Waals surface area contributed by atoms with Gasteiger partial charge in [0.05, 0.1) is 58.8 Å². The standard InChI is InChI=1S/C59H64N18O14S7/c1-7-27-47(85)76-59(6)58(91)75-42(25(5)78)49(87)61-15-40(80)64-28(8-2)56(88)77-13-9-10-38(77)48(86)62-23(3)41-26(43(81)67-30(14-39(60)79)52-69-32(17-93-52)45(83)66-27)11-12-29(65-41)51-73-35(20-96-51)53-70-31(16-94-53)44(82)63-24(4)50-72-34(19-92-50)55-74-36(21-97-55)54-71-33(18-95-54)46(84)68-37(22-98-59)57(89)90/h7-8,11-12,19-21,23,25,30-33,37-38,42,78H,4,9-10,13-18,22H2,1-3,5-6H3,(H2,60,79)(H,61,87)(H,62,86)(H,63,82)(H,64,80)(H,66,83)(H,67,81)(H,68,84)(H,75,91)(H,76,85)(H,89,90)/b27-7-,28-8?/t23-,25-,30+,31+,32+,33+,37+,38+,42+,59+/m1/s1. The SMILES string of the molecule is C=C1NC(=O)[C@@H]2CSC(=N2)c2csc(n2)-c2ccc3c(n2)[C@@H](C)NC(=O)[C@@H]2CCCN2C(=O)C(=CC)NC(=O)CNC(=O)[C@H]([C@@H](C)O)NC(=O)[C@@](C)(NC(=O)/C(=C/C)NC(=O)[C@@H]2CSC(=N2)[C@H](CC(N)=O)NC3=O)SC[C@@H](C(=O)O)NC(=O)[C@@H]2CSC(=N2)c2csc(n2)-c2csc1n2. The second-order valence-corrected chi connectivity index (χ2v) is 29.7. The van der Waals surface area contributed by atoms with Crippen LogP contribution >= 0.6 is 81.1 Å². The summed E-state index contributed by atoms with van der Waals surface area (Å²) in [6.07, 6.45) is 0.722. The molecular weight excluding hydrogens is 1410 g/mol. The van der Waals surface area contributed by atoms with Gasteiger partial charge < -0.3 is 68.7 Å². The highest BCUT2D eigenvalue weighted by molar-refractivity contribution is 8.15. The van der Waals surface area contributed by atoms with E-state index in [1.807, 2.05) is 0 Å². The van der Waals surface area contributed by atoms with Gasteiger partial charge in [-0.15, -0.1) is 81.1 Å². The quantitative estimate of drug-likeness (QED) is 0.121. The number of primary amides is 1. The summed E-state index contributed by atoms with van der Waals surface area (Å²) >= 11 is 7.56. The third kappa shape index (κ3) is 16.5. The monoisotopic (exact) mass is 1470 g/mol. The van der Waals surface area contributed by atoms with Crippen LogP contribution in [0.1, 0.15) is 92.4 Å². The third-order valence-corrected chi connectivity index (χ3v) is 22.9. The number of thioether (sulfide) groups is 4. The van der Waals surface area contributed by atoms with E-state index in [1.54, 1.807) is 23.1 Å². The lowest BCUT2D eigenvalue weighted by Crippen LogP contribution is -2.62. The molecule has 39 heteroatoms. The Morgan fingerprint density at radius 2 is 1.33 bits per heavy atom. The summed E-state index contributed by atoms with van der Waals surface area (Å²) in [5, 5.41) is 51.8. The first-order valence-corrected chi connectivity index (χ1v) is 36.7. The summed E-state index contributed by atoms with van der Waals surface area (Å²) in [6.45, 7) is 9.91. The van der Waals surface area contributed by atoms with Crippen molar-refractivity contribution in [1.29, 1.82) is 0 Å². The molecule has 11 amide bonds. The molecule has 10 atom stereocenters. The van der Waals surface area contributed by atoms with E-state index >= 15 is 0 Å². The molecule has 0 aliphatic carbocycles. The molecule has 4 aromatic heterocycles. The van der Waals surface area contributed by atoms with Crippen LogP contribution in [0.3, 0.4) is 0 Å². The van der Waals surface area contributed by atoms with Crippen molar-refractivity contribution in [1.82, 2.24) is 72.7 Å². The number of aliphatic carboxylic acids is 1. The first kappa shape index (κ1) is 72.0. The van der Waals surface area contributed by atoms with Crippen molar-refractivity contribution in [2.45, 2.75) is 113 Å². The summed E-state index contributed by atoms with van der Waals surface area (Å²) in [7, 11) is 0. The Morgan fingerprint density at radius 1 is 0.714 bits per heavy atom. The number of carbonyl (C=O) groups is 12. The van der Waals surface area contributed by atoms with Gasteiger partial charge in [0, 0.05) is 45.7 Å². The van der Waals surface area contributed by atoms with Gasteiger partial charge in [0.2, 0.25) is 41.4 Å². The number of rotatable bonds is 4. The number of aromatic nitrogens is 4. The molecular formula is C59H64N18O14S7. The number of nitrogens with zero attached hydrogens (tertiary/aromatic N) is 8. The van der Waals surface area contributed by atoms with Gasteiger partial charge in [-0.25, -0.2) is 24.7 Å². The van der Waals surface area contributed by atoms with E-state index in [0.717, 1.165) is 25.6 Å². The zero-order valence-corrected chi connectivity index (χ0v) is 58.3. The van der Waals surface area contributed by atoms with E-state index in [-0.39, 0.29) is 63.6 Å². The number of fused-ring (bicyclic) bond motifs is 8. The Balaban J connectivity index is 1.05. The molecule has 11 rings (SSSR count). The molecule has 13 N–H and O–H groups in total. The zero-order valence-electron chi connectivity index (χ0n) is 52.6. The third-order valence-electron chi connectivity index (χ3n) is 15.6. The van der Waals surface area contributed by atoms with Crippen LogP contribution < -0.4 is 53.6 Å². The van der Waals surface area contributed by atoms with E-state index in [4.69, 9.17) is 25.7 Å². The lowest BCUT2D eigenvalue weighted by molar-refractivity contribution is -0.141. The van der Waals surface area contributed by atoms with Crippen LogP contribution in [0.4, 0.5) is 0 Å². The number of pyridine rings is 1. The van der Waals surface area contributed by atoms with Crippen LogP contribution in [0.5, 0.6) is 0 Å². The zero-order chi connectivity index (χ0) is 70.4. The number of hydrogen-bond donors (Lipinski definition) is 12. The molecule has 32 nitrogen and oxygen atoms in total. The second-order valence-electron chi connectivity index (χ2n) is 22.7. The van der Waals surface area contributed by atoms with Gasteiger partial charge >= 0.3 is 5.97 Å². The number of aliphatic imine (C=N–C) groups is 3. The minimum absolute atomic E-state index is 0.00174. The fourth-order valence-corrected chi connectivity index (χ4v) is 17.0. The minimum Gasteiger partial charge on any atom is -0.480 e. The predicted molar refractivity (Wildman–Crippen MR) is 370 cm³/mol. The Morgan fingerprint density at radius 3 is 1.98 bits per heavy atom. The summed E-state index contributed by atoms with van der Waals surface area (Å²) in [4.78, 5) is 200. The maximum absolute atomic E-state index is 14.8. The smallest absolute Gasteiger partial charge is 0.327 e. The van der Waals surface area contributed by atoms with E-state index in [0.29, 0.717) is 60.4 Å². The predicted octanol–water partition coefficient (Wildman–Crippen LogP) is 0.136. The highest BCUT2D eigenvalue weighted by atomic mass is 32.2.